The van der Waals surface area contributed by atoms with Crippen LogP contribution < -0.4 is 9.64 Å². The number of nitrogens with zero attached hydrogens (tertiary/aromatic N) is 6. The van der Waals surface area contributed by atoms with Gasteiger partial charge in [-0.25, -0.2) is 18.6 Å². The van der Waals surface area contributed by atoms with Crippen LogP contribution in [0.15, 0.2) is 30.3 Å². The third-order valence-electron chi connectivity index (χ3n) is 9.57. The Labute approximate surface area is 262 Å². The molecular weight excluding hydrogens is 617 g/mol. The number of hydrogen-bond acceptors (Lipinski definition) is 9. The maximum absolute atomic E-state index is 15.5. The first-order chi connectivity index (χ1) is 21.3. The molecule has 0 saturated carbocycles. The van der Waals surface area contributed by atoms with Gasteiger partial charge in [-0.1, -0.05) is 53.5 Å². The second kappa shape index (κ2) is 11.7. The van der Waals surface area contributed by atoms with Gasteiger partial charge in [0.1, 0.15) is 35.9 Å². The number of rotatable bonds is 7. The molecule has 0 aliphatic carbocycles. The van der Waals surface area contributed by atoms with Crippen molar-refractivity contribution >= 4 is 46.0 Å². The number of fused-ring (bicyclic) bond motifs is 4. The Morgan fingerprint density at radius 3 is 2.73 bits per heavy atom. The molecule has 10 nitrogen and oxygen atoms in total. The molecule has 4 fully saturated rings. The van der Waals surface area contributed by atoms with Gasteiger partial charge in [0.2, 0.25) is 0 Å². The van der Waals surface area contributed by atoms with Crippen LogP contribution in [-0.2, 0) is 11.3 Å². The lowest BCUT2D eigenvalue weighted by molar-refractivity contribution is 0.0561. The van der Waals surface area contributed by atoms with Gasteiger partial charge in [-0.15, -0.1) is 0 Å². The number of aliphatic hydroxyl groups excluding tert-OH is 1. The lowest BCUT2D eigenvalue weighted by Gasteiger charge is -2.46. The highest BCUT2D eigenvalue weighted by Gasteiger charge is 2.51. The molecule has 0 radical (unpaired) electrons. The van der Waals surface area contributed by atoms with Crippen LogP contribution in [0.4, 0.5) is 19.4 Å². The summed E-state index contributed by atoms with van der Waals surface area (Å²) < 4.78 is 41.6. The second-order valence-corrected chi connectivity index (χ2v) is 12.8. The number of alkyl halides is 1. The van der Waals surface area contributed by atoms with Crippen molar-refractivity contribution in [1.29, 1.82) is 0 Å². The van der Waals surface area contributed by atoms with Crippen molar-refractivity contribution in [2.45, 2.75) is 68.5 Å². The van der Waals surface area contributed by atoms with Gasteiger partial charge in [0.05, 0.1) is 35.7 Å². The maximum Gasteiger partial charge on any atom is 0.410 e. The Morgan fingerprint density at radius 2 is 1.93 bits per heavy atom. The van der Waals surface area contributed by atoms with Crippen molar-refractivity contribution in [3.63, 3.8) is 0 Å². The molecule has 7 rings (SSSR count). The molecule has 1 amide bonds. The number of halogens is 4. The van der Waals surface area contributed by atoms with E-state index in [0.717, 1.165) is 24.9 Å². The summed E-state index contributed by atoms with van der Waals surface area (Å²) in [6, 6.07) is 8.04. The molecule has 3 aromatic rings. The smallest absolute Gasteiger partial charge is 0.410 e. The van der Waals surface area contributed by atoms with Crippen LogP contribution in [0.5, 0.6) is 6.01 Å². The van der Waals surface area contributed by atoms with Gasteiger partial charge in [0.25, 0.3) is 0 Å². The summed E-state index contributed by atoms with van der Waals surface area (Å²) in [5.41, 5.74) is 0.232. The van der Waals surface area contributed by atoms with Gasteiger partial charge in [-0.2, -0.15) is 9.97 Å². The standard InChI is InChI=1S/C30H32Cl2F2N6O4/c31-25-22-24(23(34)26(32)36-25)35-28(44-16-30-9-4-10-38(30)12-18(33)11-30)37-27(22)39-13-19-7-8-20(21(39)14-41)40(19)29(42)43-15-17-5-2-1-3-6-17/h1-3,5-6,18-21,41H,4,7-16H2/t18-,19+,20-,21-,30+/m1/s1. The molecule has 4 aliphatic rings. The normalized spacial score (nSPS) is 28.1. The molecule has 4 saturated heterocycles. The number of hydrogen-bond donors (Lipinski definition) is 1. The Kier molecular flexibility index (Phi) is 7.88. The quantitative estimate of drug-likeness (QED) is 0.363. The summed E-state index contributed by atoms with van der Waals surface area (Å²) in [6.45, 7) is 1.37. The van der Waals surface area contributed by atoms with Gasteiger partial charge in [0.15, 0.2) is 11.0 Å². The largest absolute Gasteiger partial charge is 0.461 e. The molecule has 1 aromatic carbocycles. The van der Waals surface area contributed by atoms with Crippen LogP contribution in [0.25, 0.3) is 10.9 Å². The molecule has 2 bridgehead atoms. The number of carbonyl (C=O) groups is 1. The summed E-state index contributed by atoms with van der Waals surface area (Å²) in [7, 11) is 0. The zero-order valence-electron chi connectivity index (χ0n) is 23.8. The molecule has 0 unspecified atom stereocenters. The highest BCUT2D eigenvalue weighted by molar-refractivity contribution is 6.37. The summed E-state index contributed by atoms with van der Waals surface area (Å²) in [5.74, 6) is -0.654. The van der Waals surface area contributed by atoms with Gasteiger partial charge in [-0.3, -0.25) is 9.80 Å². The van der Waals surface area contributed by atoms with E-state index < -0.39 is 40.9 Å². The minimum Gasteiger partial charge on any atom is -0.461 e. The molecule has 44 heavy (non-hydrogen) atoms. The van der Waals surface area contributed by atoms with E-state index in [2.05, 4.69) is 19.9 Å². The number of piperazine rings is 1. The van der Waals surface area contributed by atoms with Gasteiger partial charge in [-0.05, 0) is 37.8 Å². The van der Waals surface area contributed by atoms with Crippen LogP contribution in [0.3, 0.4) is 0 Å². The van der Waals surface area contributed by atoms with Gasteiger partial charge < -0.3 is 19.5 Å². The Bertz CT molecular complexity index is 1570. The first kappa shape index (κ1) is 29.6. The maximum atomic E-state index is 15.5. The summed E-state index contributed by atoms with van der Waals surface area (Å²) in [6.07, 6.45) is 1.98. The van der Waals surface area contributed by atoms with Crippen LogP contribution in [0, 0.1) is 5.82 Å². The summed E-state index contributed by atoms with van der Waals surface area (Å²) in [4.78, 5) is 31.9. The summed E-state index contributed by atoms with van der Waals surface area (Å²) >= 11 is 12.6. The average Bonchev–Trinajstić information content (AvgIpc) is 3.66. The molecule has 0 spiro atoms. The van der Waals surface area contributed by atoms with Crippen molar-refractivity contribution in [3.8, 4) is 6.01 Å². The van der Waals surface area contributed by atoms with Crippen molar-refractivity contribution in [2.24, 2.45) is 0 Å². The number of aromatic nitrogens is 3. The van der Waals surface area contributed by atoms with Crippen LogP contribution in [0.1, 0.15) is 37.7 Å². The number of aliphatic hydroxyl groups is 1. The fourth-order valence-corrected chi connectivity index (χ4v) is 8.04. The van der Waals surface area contributed by atoms with E-state index >= 15 is 4.39 Å². The van der Waals surface area contributed by atoms with Gasteiger partial charge >= 0.3 is 12.1 Å². The molecule has 234 valence electrons. The number of anilines is 1. The summed E-state index contributed by atoms with van der Waals surface area (Å²) in [5, 5.41) is 10.2. The first-order valence-corrected chi connectivity index (χ1v) is 15.6. The molecule has 6 heterocycles. The fourth-order valence-electron chi connectivity index (χ4n) is 7.57. The fraction of sp³-hybridized carbons (Fsp3) is 0.533. The van der Waals surface area contributed by atoms with Crippen LogP contribution >= 0.6 is 23.2 Å². The zero-order valence-corrected chi connectivity index (χ0v) is 25.4. The monoisotopic (exact) mass is 648 g/mol. The Balaban J connectivity index is 1.20. The van der Waals surface area contributed by atoms with Crippen LogP contribution in [-0.4, -0.2) is 98.6 Å². The van der Waals surface area contributed by atoms with Crippen molar-refractivity contribution < 1.29 is 28.2 Å². The number of carbonyl (C=O) groups excluding carboxylic acids is 1. The predicted molar refractivity (Wildman–Crippen MR) is 159 cm³/mol. The van der Waals surface area contributed by atoms with E-state index in [1.807, 2.05) is 35.2 Å². The minimum absolute atomic E-state index is 0.0988. The molecule has 5 atom stereocenters. The Hall–Kier alpha value is -3.06. The van der Waals surface area contributed by atoms with E-state index in [0.29, 0.717) is 25.8 Å². The number of ether oxygens (including phenoxy) is 2. The van der Waals surface area contributed by atoms with Gasteiger partial charge in [0, 0.05) is 19.5 Å². The SMILES string of the molecule is O=C(OCc1ccccc1)N1[C@H]2CC[C@@H]1[C@@H](CO)N(c1nc(OC[C@@]34CCCN3C[C@H](F)C4)nc3c(F)c(Cl)nc(Cl)c13)C2. The highest BCUT2D eigenvalue weighted by atomic mass is 35.5. The van der Waals surface area contributed by atoms with E-state index in [-0.39, 0.29) is 60.3 Å². The number of pyridine rings is 1. The minimum atomic E-state index is -0.940. The Morgan fingerprint density at radius 1 is 1.11 bits per heavy atom. The van der Waals surface area contributed by atoms with E-state index in [9.17, 15) is 14.3 Å². The molecular formula is C30H32Cl2F2N6O4. The van der Waals surface area contributed by atoms with E-state index in [1.54, 1.807) is 4.90 Å². The molecule has 1 N–H and O–H groups in total. The van der Waals surface area contributed by atoms with Crippen LogP contribution in [0.2, 0.25) is 10.3 Å². The van der Waals surface area contributed by atoms with Crippen molar-refractivity contribution in [2.75, 3.05) is 37.7 Å². The molecule has 14 heteroatoms. The third-order valence-corrected chi connectivity index (χ3v) is 10.1. The first-order valence-electron chi connectivity index (χ1n) is 14.9. The van der Waals surface area contributed by atoms with Crippen molar-refractivity contribution in [1.82, 2.24) is 24.8 Å². The zero-order chi connectivity index (χ0) is 30.6. The number of amides is 1. The average molecular weight is 650 g/mol. The lowest BCUT2D eigenvalue weighted by atomic mass is 9.95. The molecule has 4 aliphatic heterocycles. The molecule has 2 aromatic heterocycles. The van der Waals surface area contributed by atoms with E-state index in [1.165, 1.54) is 0 Å². The highest BCUT2D eigenvalue weighted by Crippen LogP contribution is 2.43. The number of benzene rings is 1. The topological polar surface area (TPSA) is 104 Å². The lowest BCUT2D eigenvalue weighted by Crippen LogP contribution is -2.63. The predicted octanol–water partition coefficient (Wildman–Crippen LogP) is 4.78. The second-order valence-electron chi connectivity index (χ2n) is 12.1. The third kappa shape index (κ3) is 5.09. The van der Waals surface area contributed by atoms with Crippen molar-refractivity contribution in [3.05, 3.63) is 52.0 Å². The van der Waals surface area contributed by atoms with E-state index in [4.69, 9.17) is 32.7 Å².